The topological polar surface area (TPSA) is 35.2 Å². The second-order valence-corrected chi connectivity index (χ2v) is 5.81. The third-order valence-electron chi connectivity index (χ3n) is 3.00. The molecule has 0 aromatic carbocycles. The van der Waals surface area contributed by atoms with E-state index in [1.54, 1.807) is 0 Å². The van der Waals surface area contributed by atoms with Crippen LogP contribution in [-0.4, -0.2) is 25.4 Å². The van der Waals surface area contributed by atoms with E-state index in [1.807, 2.05) is 0 Å². The van der Waals surface area contributed by atoms with Crippen molar-refractivity contribution in [2.45, 2.75) is 51.7 Å². The Bertz CT molecular complexity index is 297. The zero-order valence-corrected chi connectivity index (χ0v) is 11.0. The van der Waals surface area contributed by atoms with Crippen LogP contribution >= 0.6 is 0 Å². The van der Waals surface area contributed by atoms with Gasteiger partial charge in [0.15, 0.2) is 0 Å². The van der Waals surface area contributed by atoms with Crippen molar-refractivity contribution in [1.29, 1.82) is 0 Å². The van der Waals surface area contributed by atoms with Crippen LogP contribution in [0.1, 0.15) is 39.5 Å². The molecule has 0 aromatic rings. The average Bonchev–Trinajstić information content (AvgIpc) is 2.11. The van der Waals surface area contributed by atoms with E-state index in [2.05, 4.69) is 24.7 Å². The Kier molecular flexibility index (Phi) is 5.22. The lowest BCUT2D eigenvalue weighted by atomic mass is 9.74. The first-order valence-electron chi connectivity index (χ1n) is 6.28. The number of hydrogen-bond acceptors (Lipinski definition) is 2. The Morgan fingerprint density at radius 3 is 2.67 bits per heavy atom. The van der Waals surface area contributed by atoms with Crippen molar-refractivity contribution in [2.75, 3.05) is 13.2 Å². The molecule has 2 nitrogen and oxygen atoms in total. The largest absolute Gasteiger partial charge is 0.411 e. The Hall–Kier alpha value is -0.550. The number of halogens is 3. The van der Waals surface area contributed by atoms with Gasteiger partial charge in [0.1, 0.15) is 6.61 Å². The lowest BCUT2D eigenvalue weighted by Crippen LogP contribution is -2.31. The lowest BCUT2D eigenvalue weighted by Gasteiger charge is -2.33. The van der Waals surface area contributed by atoms with Gasteiger partial charge in [-0.2, -0.15) is 13.2 Å². The lowest BCUT2D eigenvalue weighted by molar-refractivity contribution is -0.174. The molecule has 0 heterocycles. The fourth-order valence-corrected chi connectivity index (χ4v) is 2.51. The van der Waals surface area contributed by atoms with Gasteiger partial charge in [0, 0.05) is 12.6 Å². The second kappa shape index (κ2) is 6.06. The van der Waals surface area contributed by atoms with Crippen molar-refractivity contribution in [2.24, 2.45) is 11.1 Å². The zero-order valence-electron chi connectivity index (χ0n) is 11.0. The number of nitrogens with two attached hydrogens (primary N) is 1. The molecule has 0 saturated carbocycles. The van der Waals surface area contributed by atoms with E-state index in [0.717, 1.165) is 19.3 Å². The molecule has 0 radical (unpaired) electrons. The van der Waals surface area contributed by atoms with E-state index in [1.165, 1.54) is 5.57 Å². The molecule has 1 aliphatic carbocycles. The normalized spacial score (nSPS) is 23.9. The maximum absolute atomic E-state index is 11.8. The summed E-state index contributed by atoms with van der Waals surface area (Å²) in [6.45, 7) is 3.32. The van der Waals surface area contributed by atoms with Crippen LogP contribution < -0.4 is 5.73 Å². The zero-order chi connectivity index (χ0) is 13.8. The number of hydrogen-bond donors (Lipinski definition) is 1. The maximum atomic E-state index is 11.8. The highest BCUT2D eigenvalue weighted by atomic mass is 19.4. The summed E-state index contributed by atoms with van der Waals surface area (Å²) >= 11 is 0. The predicted molar refractivity (Wildman–Crippen MR) is 65.2 cm³/mol. The molecule has 0 fully saturated rings. The summed E-state index contributed by atoms with van der Waals surface area (Å²) in [4.78, 5) is 0. The highest BCUT2D eigenvalue weighted by Crippen LogP contribution is 2.36. The van der Waals surface area contributed by atoms with E-state index in [4.69, 9.17) is 5.73 Å². The van der Waals surface area contributed by atoms with Crippen LogP contribution in [0.15, 0.2) is 11.6 Å². The van der Waals surface area contributed by atoms with Crippen LogP contribution in [0.5, 0.6) is 0 Å². The van der Waals surface area contributed by atoms with Crippen LogP contribution in [0.3, 0.4) is 0 Å². The van der Waals surface area contributed by atoms with Crippen LogP contribution in [-0.2, 0) is 4.74 Å². The van der Waals surface area contributed by atoms with Gasteiger partial charge in [-0.1, -0.05) is 25.5 Å². The molecule has 1 atom stereocenters. The molecule has 0 bridgehead atoms. The van der Waals surface area contributed by atoms with Gasteiger partial charge in [0.25, 0.3) is 0 Å². The van der Waals surface area contributed by atoms with Gasteiger partial charge in [-0.25, -0.2) is 0 Å². The number of allylic oxidation sites excluding steroid dienone is 1. The quantitative estimate of drug-likeness (QED) is 0.610. The van der Waals surface area contributed by atoms with Gasteiger partial charge in [0.2, 0.25) is 0 Å². The summed E-state index contributed by atoms with van der Waals surface area (Å²) in [5, 5.41) is 0. The second-order valence-electron chi connectivity index (χ2n) is 5.81. The van der Waals surface area contributed by atoms with Crippen molar-refractivity contribution >= 4 is 0 Å². The van der Waals surface area contributed by atoms with E-state index < -0.39 is 12.8 Å². The van der Waals surface area contributed by atoms with Crippen molar-refractivity contribution in [3.05, 3.63) is 11.6 Å². The minimum Gasteiger partial charge on any atom is -0.372 e. The molecule has 1 aliphatic rings. The summed E-state index contributed by atoms with van der Waals surface area (Å²) in [5.74, 6) is 0. The Balaban J connectivity index is 2.23. The van der Waals surface area contributed by atoms with Crippen molar-refractivity contribution in [3.63, 3.8) is 0 Å². The molecule has 1 rings (SSSR count). The minimum atomic E-state index is -4.23. The van der Waals surface area contributed by atoms with E-state index in [0.29, 0.717) is 6.42 Å². The van der Waals surface area contributed by atoms with Crippen LogP contribution in [0.2, 0.25) is 0 Å². The van der Waals surface area contributed by atoms with Gasteiger partial charge in [-0.3, -0.25) is 0 Å². The molecule has 0 aliphatic heterocycles. The Morgan fingerprint density at radius 1 is 1.44 bits per heavy atom. The summed E-state index contributed by atoms with van der Waals surface area (Å²) in [5.41, 5.74) is 7.37. The molecule has 106 valence electrons. The van der Waals surface area contributed by atoms with Gasteiger partial charge < -0.3 is 10.5 Å². The summed E-state index contributed by atoms with van der Waals surface area (Å²) in [6.07, 6.45) is 1.14. The van der Waals surface area contributed by atoms with Crippen molar-refractivity contribution < 1.29 is 17.9 Å². The van der Waals surface area contributed by atoms with E-state index >= 15 is 0 Å². The molecule has 0 aromatic heterocycles. The number of rotatable bonds is 5. The van der Waals surface area contributed by atoms with Crippen LogP contribution in [0.25, 0.3) is 0 Å². The van der Waals surface area contributed by atoms with Crippen LogP contribution in [0, 0.1) is 5.41 Å². The molecule has 0 spiro atoms. The highest BCUT2D eigenvalue weighted by molar-refractivity contribution is 5.14. The third kappa shape index (κ3) is 6.40. The average molecular weight is 265 g/mol. The monoisotopic (exact) mass is 265 g/mol. The third-order valence-corrected chi connectivity index (χ3v) is 3.00. The maximum Gasteiger partial charge on any atom is 0.411 e. The summed E-state index contributed by atoms with van der Waals surface area (Å²) in [7, 11) is 0. The fourth-order valence-electron chi connectivity index (χ4n) is 2.51. The molecule has 5 heteroatoms. The first kappa shape index (κ1) is 15.5. The molecule has 0 saturated heterocycles. The van der Waals surface area contributed by atoms with Gasteiger partial charge >= 0.3 is 6.18 Å². The van der Waals surface area contributed by atoms with E-state index in [9.17, 15) is 13.2 Å². The molecular weight excluding hydrogens is 243 g/mol. The SMILES string of the molecule is CC1(C)CC(CCCOCC(F)(F)F)=CC(N)C1. The molecule has 18 heavy (non-hydrogen) atoms. The Morgan fingerprint density at radius 2 is 2.11 bits per heavy atom. The first-order chi connectivity index (χ1) is 8.18. The Labute approximate surface area is 106 Å². The van der Waals surface area contributed by atoms with Gasteiger partial charge in [-0.15, -0.1) is 0 Å². The molecule has 0 amide bonds. The number of alkyl halides is 3. The van der Waals surface area contributed by atoms with Crippen LogP contribution in [0.4, 0.5) is 13.2 Å². The number of ether oxygens (including phenoxy) is 1. The smallest absolute Gasteiger partial charge is 0.372 e. The molecule has 1 unspecified atom stereocenters. The first-order valence-corrected chi connectivity index (χ1v) is 6.28. The van der Waals surface area contributed by atoms with Crippen molar-refractivity contribution in [1.82, 2.24) is 0 Å². The fraction of sp³-hybridized carbons (Fsp3) is 0.846. The van der Waals surface area contributed by atoms with E-state index in [-0.39, 0.29) is 18.1 Å². The van der Waals surface area contributed by atoms with Gasteiger partial charge in [-0.05, 0) is 31.1 Å². The standard InChI is InChI=1S/C13H22F3NO/c1-12(2)7-10(6-11(17)8-12)4-3-5-18-9-13(14,15)16/h6,11H,3-5,7-9,17H2,1-2H3. The predicted octanol–water partition coefficient (Wildman–Crippen LogP) is 3.42. The highest BCUT2D eigenvalue weighted by Gasteiger charge is 2.28. The van der Waals surface area contributed by atoms with Gasteiger partial charge in [0.05, 0.1) is 0 Å². The molecular formula is C13H22F3NO. The summed E-state index contributed by atoms with van der Waals surface area (Å²) in [6, 6.07) is 0.0693. The minimum absolute atomic E-state index is 0.0693. The molecule has 2 N–H and O–H groups in total. The van der Waals surface area contributed by atoms with Crippen molar-refractivity contribution in [3.8, 4) is 0 Å². The summed E-state index contributed by atoms with van der Waals surface area (Å²) < 4.78 is 40.1.